The van der Waals surface area contributed by atoms with Crippen LogP contribution < -0.4 is 18.9 Å². The summed E-state index contributed by atoms with van der Waals surface area (Å²) < 4.78 is 21.9. The Hall–Kier alpha value is -3.49. The Labute approximate surface area is 201 Å². The average molecular weight is 483 g/mol. The van der Waals surface area contributed by atoms with Gasteiger partial charge in [0, 0.05) is 23.7 Å². The molecule has 3 aromatic rings. The van der Waals surface area contributed by atoms with Gasteiger partial charge in [-0.3, -0.25) is 15.0 Å². The number of halogens is 1. The largest absolute Gasteiger partial charge is 0.493 e. The minimum absolute atomic E-state index is 0.00667. The molecule has 2 heterocycles. The second-order valence-corrected chi connectivity index (χ2v) is 8.61. The smallest absolute Gasteiger partial charge is 0.277 e. The Balaban J connectivity index is 1.61. The summed E-state index contributed by atoms with van der Waals surface area (Å²) in [6.45, 7) is 1.09. The van der Waals surface area contributed by atoms with E-state index in [0.717, 1.165) is 23.1 Å². The van der Waals surface area contributed by atoms with Crippen molar-refractivity contribution in [1.29, 1.82) is 0 Å². The molecule has 3 aromatic carbocycles. The molecule has 0 aromatic heterocycles. The van der Waals surface area contributed by atoms with Crippen LogP contribution in [0.25, 0.3) is 0 Å². The molecule has 0 saturated carbocycles. The van der Waals surface area contributed by atoms with Crippen LogP contribution in [-0.4, -0.2) is 37.4 Å². The predicted molar refractivity (Wildman–Crippen MR) is 126 cm³/mol. The van der Waals surface area contributed by atoms with Crippen molar-refractivity contribution < 1.29 is 23.9 Å². The summed E-state index contributed by atoms with van der Waals surface area (Å²) in [5, 5.41) is 12.5. The van der Waals surface area contributed by atoms with Crippen LogP contribution in [0.3, 0.4) is 0 Å². The molecule has 2 aliphatic heterocycles. The molecule has 176 valence electrons. The highest BCUT2D eigenvalue weighted by molar-refractivity contribution is 6.30. The van der Waals surface area contributed by atoms with Gasteiger partial charge < -0.3 is 18.9 Å². The molecule has 1 atom stereocenters. The standard InChI is InChI=1S/C25H23ClN2O6/c1-31-21-9-15-6-7-27(13-17-10-23-24(34-14-33-23)12-20(17)28(29)30)25(19(15)11-22(21)32-2)16-4-3-5-18(26)8-16/h3-5,8-12,25H,6-7,13-14H2,1-2H3. The fourth-order valence-corrected chi connectivity index (χ4v) is 4.92. The third-order valence-electron chi connectivity index (χ3n) is 6.28. The van der Waals surface area contributed by atoms with E-state index in [-0.39, 0.29) is 23.4 Å². The first kappa shape index (κ1) is 22.3. The third kappa shape index (κ3) is 3.99. The zero-order valence-corrected chi connectivity index (χ0v) is 19.5. The summed E-state index contributed by atoms with van der Waals surface area (Å²) in [6.07, 6.45) is 0.755. The lowest BCUT2D eigenvalue weighted by atomic mass is 9.87. The molecular formula is C25H23ClN2O6. The predicted octanol–water partition coefficient (Wildman–Crippen LogP) is 5.14. The first-order valence-electron chi connectivity index (χ1n) is 10.8. The molecular weight excluding hydrogens is 460 g/mol. The normalized spacial score (nSPS) is 16.7. The van der Waals surface area contributed by atoms with E-state index in [9.17, 15) is 10.1 Å². The highest BCUT2D eigenvalue weighted by Gasteiger charge is 2.33. The van der Waals surface area contributed by atoms with Crippen molar-refractivity contribution in [2.24, 2.45) is 0 Å². The van der Waals surface area contributed by atoms with Crippen molar-refractivity contribution in [1.82, 2.24) is 4.90 Å². The second kappa shape index (κ2) is 9.04. The molecule has 2 aliphatic rings. The average Bonchev–Trinajstić information content (AvgIpc) is 3.29. The number of methoxy groups -OCH3 is 2. The van der Waals surface area contributed by atoms with E-state index < -0.39 is 0 Å². The van der Waals surface area contributed by atoms with Crippen LogP contribution in [0.4, 0.5) is 5.69 Å². The molecule has 0 amide bonds. The fourth-order valence-electron chi connectivity index (χ4n) is 4.72. The minimum Gasteiger partial charge on any atom is -0.493 e. The number of rotatable bonds is 6. The lowest BCUT2D eigenvalue weighted by Crippen LogP contribution is -2.36. The summed E-state index contributed by atoms with van der Waals surface area (Å²) in [7, 11) is 3.22. The summed E-state index contributed by atoms with van der Waals surface area (Å²) in [6, 6.07) is 14.6. The summed E-state index contributed by atoms with van der Waals surface area (Å²) in [5.41, 5.74) is 3.75. The Morgan fingerprint density at radius 3 is 2.53 bits per heavy atom. The number of fused-ring (bicyclic) bond motifs is 2. The Morgan fingerprint density at radius 1 is 1.09 bits per heavy atom. The van der Waals surface area contributed by atoms with Crippen LogP contribution in [0, 0.1) is 10.1 Å². The zero-order valence-electron chi connectivity index (χ0n) is 18.7. The SMILES string of the molecule is COc1cc2c(cc1OC)C(c1cccc(Cl)c1)N(Cc1cc3c(cc1[N+](=O)[O-])OCO3)CC2. The number of hydrogen-bond acceptors (Lipinski definition) is 7. The van der Waals surface area contributed by atoms with Crippen molar-refractivity contribution in [3.63, 3.8) is 0 Å². The van der Waals surface area contributed by atoms with Crippen LogP contribution in [0.2, 0.25) is 5.02 Å². The Bertz CT molecular complexity index is 1260. The van der Waals surface area contributed by atoms with Crippen LogP contribution in [-0.2, 0) is 13.0 Å². The Morgan fingerprint density at radius 2 is 1.82 bits per heavy atom. The summed E-state index contributed by atoms with van der Waals surface area (Å²) in [5.74, 6) is 2.21. The van der Waals surface area contributed by atoms with Crippen molar-refractivity contribution in [2.75, 3.05) is 27.6 Å². The maximum Gasteiger partial charge on any atom is 0.277 e. The van der Waals surface area contributed by atoms with Crippen molar-refractivity contribution in [3.05, 3.63) is 85.9 Å². The van der Waals surface area contributed by atoms with Gasteiger partial charge in [-0.2, -0.15) is 0 Å². The quantitative estimate of drug-likeness (QED) is 0.355. The molecule has 0 radical (unpaired) electrons. The van der Waals surface area contributed by atoms with Crippen LogP contribution in [0.15, 0.2) is 48.5 Å². The maximum absolute atomic E-state index is 11.9. The van der Waals surface area contributed by atoms with Gasteiger partial charge in [0.1, 0.15) is 0 Å². The molecule has 0 bridgehead atoms. The van der Waals surface area contributed by atoms with E-state index in [0.29, 0.717) is 46.7 Å². The maximum atomic E-state index is 11.9. The molecule has 0 spiro atoms. The zero-order chi connectivity index (χ0) is 23.8. The molecule has 34 heavy (non-hydrogen) atoms. The van der Waals surface area contributed by atoms with Crippen LogP contribution >= 0.6 is 11.6 Å². The van der Waals surface area contributed by atoms with Crippen molar-refractivity contribution in [3.8, 4) is 23.0 Å². The van der Waals surface area contributed by atoms with Crippen LogP contribution in [0.5, 0.6) is 23.0 Å². The van der Waals surface area contributed by atoms with E-state index in [4.69, 9.17) is 30.5 Å². The van der Waals surface area contributed by atoms with E-state index in [2.05, 4.69) is 4.90 Å². The fraction of sp³-hybridized carbons (Fsp3) is 0.280. The number of nitrogens with zero attached hydrogens (tertiary/aromatic N) is 2. The van der Waals surface area contributed by atoms with Crippen molar-refractivity contribution in [2.45, 2.75) is 19.0 Å². The van der Waals surface area contributed by atoms with Gasteiger partial charge in [-0.15, -0.1) is 0 Å². The van der Waals surface area contributed by atoms with Gasteiger partial charge in [-0.1, -0.05) is 23.7 Å². The van der Waals surface area contributed by atoms with Crippen LogP contribution in [0.1, 0.15) is 28.3 Å². The van der Waals surface area contributed by atoms with E-state index >= 15 is 0 Å². The minimum atomic E-state index is -0.378. The molecule has 0 fully saturated rings. The van der Waals surface area contributed by atoms with Crippen molar-refractivity contribution >= 4 is 17.3 Å². The lowest BCUT2D eigenvalue weighted by molar-refractivity contribution is -0.385. The number of hydrogen-bond donors (Lipinski definition) is 0. The number of nitro benzene ring substituents is 1. The monoisotopic (exact) mass is 482 g/mol. The molecule has 9 heteroatoms. The molecule has 0 aliphatic carbocycles. The molecule has 1 unspecified atom stereocenters. The third-order valence-corrected chi connectivity index (χ3v) is 6.52. The summed E-state index contributed by atoms with van der Waals surface area (Å²) >= 11 is 6.35. The van der Waals surface area contributed by atoms with Gasteiger partial charge in [0.25, 0.3) is 5.69 Å². The first-order chi connectivity index (χ1) is 16.5. The molecule has 0 N–H and O–H groups in total. The highest BCUT2D eigenvalue weighted by atomic mass is 35.5. The van der Waals surface area contributed by atoms with Gasteiger partial charge >= 0.3 is 0 Å². The van der Waals surface area contributed by atoms with Gasteiger partial charge in [0.15, 0.2) is 23.0 Å². The molecule has 0 saturated heterocycles. The van der Waals surface area contributed by atoms with E-state index in [1.54, 1.807) is 20.3 Å². The highest BCUT2D eigenvalue weighted by Crippen LogP contribution is 2.44. The van der Waals surface area contributed by atoms with Gasteiger partial charge in [-0.25, -0.2) is 0 Å². The Kier molecular flexibility index (Phi) is 5.93. The lowest BCUT2D eigenvalue weighted by Gasteiger charge is -2.38. The van der Waals surface area contributed by atoms with E-state index in [1.165, 1.54) is 6.07 Å². The van der Waals surface area contributed by atoms with Gasteiger partial charge in [-0.05, 0) is 53.4 Å². The van der Waals surface area contributed by atoms with E-state index in [1.807, 2.05) is 36.4 Å². The number of ether oxygens (including phenoxy) is 4. The first-order valence-corrected chi connectivity index (χ1v) is 11.2. The van der Waals surface area contributed by atoms with Gasteiger partial charge in [0.05, 0.1) is 31.3 Å². The summed E-state index contributed by atoms with van der Waals surface area (Å²) in [4.78, 5) is 13.7. The van der Waals surface area contributed by atoms with Gasteiger partial charge in [0.2, 0.25) is 6.79 Å². The topological polar surface area (TPSA) is 83.3 Å². The number of benzene rings is 3. The second-order valence-electron chi connectivity index (χ2n) is 8.18. The molecule has 8 nitrogen and oxygen atoms in total. The number of nitro groups is 1. The molecule has 5 rings (SSSR count).